The van der Waals surface area contributed by atoms with Gasteiger partial charge in [-0.1, -0.05) is 13.8 Å². The Morgan fingerprint density at radius 3 is 2.00 bits per heavy atom. The van der Waals surface area contributed by atoms with E-state index >= 15 is 0 Å². The molecule has 2 amide bonds. The van der Waals surface area contributed by atoms with E-state index in [2.05, 4.69) is 4.74 Å². The van der Waals surface area contributed by atoms with Crippen molar-refractivity contribution in [3.63, 3.8) is 0 Å². The second kappa shape index (κ2) is 8.19. The van der Waals surface area contributed by atoms with Crippen LogP contribution in [0.15, 0.2) is 0 Å². The van der Waals surface area contributed by atoms with Gasteiger partial charge in [-0.2, -0.15) is 0 Å². The molecule has 0 aromatic carbocycles. The Balaban J connectivity index is 5.10. The summed E-state index contributed by atoms with van der Waals surface area (Å²) in [6.45, 7) is 10.6. The lowest BCUT2D eigenvalue weighted by Crippen LogP contribution is -2.53. The van der Waals surface area contributed by atoms with Gasteiger partial charge >= 0.3 is 12.4 Å². The highest BCUT2D eigenvalue weighted by Crippen LogP contribution is 2.28. The molecule has 0 aromatic rings. The Morgan fingerprint density at radius 1 is 1.09 bits per heavy atom. The minimum atomic E-state index is -0.904. The molecule has 0 heterocycles. The van der Waals surface area contributed by atoms with E-state index < -0.39 is 17.0 Å². The first-order chi connectivity index (χ1) is 10.4. The van der Waals surface area contributed by atoms with E-state index in [0.29, 0.717) is 6.41 Å². The Morgan fingerprint density at radius 2 is 1.61 bits per heavy atom. The van der Waals surface area contributed by atoms with Gasteiger partial charge in [0.25, 0.3) is 0 Å². The molecule has 0 saturated carbocycles. The number of hydrogen-bond acceptors (Lipinski definition) is 6. The third-order valence-corrected chi connectivity index (χ3v) is 4.60. The largest absolute Gasteiger partial charge is 0.395 e. The van der Waals surface area contributed by atoms with E-state index in [1.807, 2.05) is 20.8 Å². The average molecular weight is 328 g/mol. The number of esters is 1. The van der Waals surface area contributed by atoms with Crippen molar-refractivity contribution in [2.45, 2.75) is 65.5 Å². The normalized spacial score (nSPS) is 14.6. The first kappa shape index (κ1) is 21.2. The summed E-state index contributed by atoms with van der Waals surface area (Å²) in [5.41, 5.74) is 4.53. The Hall–Kier alpha value is -1.76. The minimum Gasteiger partial charge on any atom is -0.395 e. The second-order valence-electron chi connectivity index (χ2n) is 7.14. The SMILES string of the molecule is CC(CC(=O)N(C=O)C(C)(C)C(C)CC(=O)OC=O)C(C)(C)N. The molecule has 0 aromatic heterocycles. The highest BCUT2D eigenvalue weighted by Gasteiger charge is 2.38. The van der Waals surface area contributed by atoms with Crippen molar-refractivity contribution in [3.05, 3.63) is 0 Å². The molecule has 7 heteroatoms. The minimum absolute atomic E-state index is 0.0652. The van der Waals surface area contributed by atoms with Crippen LogP contribution < -0.4 is 5.73 Å². The van der Waals surface area contributed by atoms with Gasteiger partial charge in [-0.15, -0.1) is 0 Å². The number of ether oxygens (including phenoxy) is 1. The number of carbonyl (C=O) groups is 4. The molecule has 0 bridgehead atoms. The predicted octanol–water partition coefficient (Wildman–Crippen LogP) is 1.24. The molecule has 23 heavy (non-hydrogen) atoms. The maximum Gasteiger partial charge on any atom is 0.313 e. The van der Waals surface area contributed by atoms with Crippen molar-refractivity contribution in [3.8, 4) is 0 Å². The van der Waals surface area contributed by atoms with Crippen LogP contribution in [-0.2, 0) is 23.9 Å². The lowest BCUT2D eigenvalue weighted by Gasteiger charge is -2.40. The van der Waals surface area contributed by atoms with Crippen molar-refractivity contribution in [1.82, 2.24) is 4.90 Å². The third kappa shape index (κ3) is 6.09. The molecular formula is C16H28N2O5. The van der Waals surface area contributed by atoms with Crippen LogP contribution in [0.5, 0.6) is 0 Å². The summed E-state index contributed by atoms with van der Waals surface area (Å²) in [5.74, 6) is -1.56. The molecule has 0 saturated heterocycles. The highest BCUT2D eigenvalue weighted by molar-refractivity contribution is 5.87. The molecule has 0 radical (unpaired) electrons. The van der Waals surface area contributed by atoms with Gasteiger partial charge in [-0.3, -0.25) is 24.1 Å². The fourth-order valence-corrected chi connectivity index (χ4v) is 1.98. The molecule has 7 nitrogen and oxygen atoms in total. The summed E-state index contributed by atoms with van der Waals surface area (Å²) in [4.78, 5) is 46.6. The van der Waals surface area contributed by atoms with Crippen LogP contribution in [0.25, 0.3) is 0 Å². The topological polar surface area (TPSA) is 107 Å². The Kier molecular flexibility index (Phi) is 7.57. The fourth-order valence-electron chi connectivity index (χ4n) is 1.98. The Bertz CT molecular complexity index is 454. The average Bonchev–Trinajstić information content (AvgIpc) is 2.37. The molecule has 2 atom stereocenters. The Labute approximate surface area is 137 Å². The lowest BCUT2D eigenvalue weighted by molar-refractivity contribution is -0.156. The van der Waals surface area contributed by atoms with E-state index in [4.69, 9.17) is 5.73 Å². The molecule has 0 aliphatic rings. The zero-order valence-corrected chi connectivity index (χ0v) is 14.8. The summed E-state index contributed by atoms with van der Waals surface area (Å²) in [5, 5.41) is 0. The van der Waals surface area contributed by atoms with Crippen LogP contribution in [0.4, 0.5) is 0 Å². The van der Waals surface area contributed by atoms with Gasteiger partial charge < -0.3 is 10.5 Å². The van der Waals surface area contributed by atoms with E-state index in [-0.39, 0.29) is 37.1 Å². The molecule has 0 aliphatic heterocycles. The lowest BCUT2D eigenvalue weighted by atomic mass is 9.83. The van der Waals surface area contributed by atoms with E-state index in [1.165, 1.54) is 0 Å². The quantitative estimate of drug-likeness (QED) is 0.388. The summed E-state index contributed by atoms with van der Waals surface area (Å²) in [6.07, 6.45) is 0.512. The summed E-state index contributed by atoms with van der Waals surface area (Å²) in [6, 6.07) is 0. The van der Waals surface area contributed by atoms with E-state index in [1.54, 1.807) is 20.8 Å². The van der Waals surface area contributed by atoms with Crippen LogP contribution in [0.1, 0.15) is 54.4 Å². The molecule has 0 aliphatic carbocycles. The number of nitrogens with two attached hydrogens (primary N) is 1. The molecule has 2 N–H and O–H groups in total. The van der Waals surface area contributed by atoms with Gasteiger partial charge in [-0.05, 0) is 39.5 Å². The van der Waals surface area contributed by atoms with Crippen molar-refractivity contribution < 1.29 is 23.9 Å². The van der Waals surface area contributed by atoms with Gasteiger partial charge in [0.2, 0.25) is 12.3 Å². The van der Waals surface area contributed by atoms with E-state index in [9.17, 15) is 19.2 Å². The van der Waals surface area contributed by atoms with Gasteiger partial charge in [0.15, 0.2) is 0 Å². The fraction of sp³-hybridized carbons (Fsp3) is 0.750. The van der Waals surface area contributed by atoms with Crippen LogP contribution in [0.2, 0.25) is 0 Å². The first-order valence-corrected chi connectivity index (χ1v) is 7.57. The molecular weight excluding hydrogens is 300 g/mol. The maximum atomic E-state index is 12.5. The number of carbonyl (C=O) groups excluding carboxylic acids is 4. The number of hydrogen-bond donors (Lipinski definition) is 1. The van der Waals surface area contributed by atoms with E-state index in [0.717, 1.165) is 4.90 Å². The van der Waals surface area contributed by atoms with Crippen molar-refractivity contribution in [2.24, 2.45) is 17.6 Å². The van der Waals surface area contributed by atoms with Crippen LogP contribution in [0, 0.1) is 11.8 Å². The second-order valence-corrected chi connectivity index (χ2v) is 7.14. The number of nitrogens with zero attached hydrogens (tertiary/aromatic N) is 1. The first-order valence-electron chi connectivity index (χ1n) is 7.57. The summed E-state index contributed by atoms with van der Waals surface area (Å²) < 4.78 is 4.26. The molecule has 0 fully saturated rings. The number of rotatable bonds is 9. The zero-order valence-electron chi connectivity index (χ0n) is 14.8. The van der Waals surface area contributed by atoms with Crippen molar-refractivity contribution in [1.29, 1.82) is 0 Å². The van der Waals surface area contributed by atoms with Crippen LogP contribution in [-0.4, -0.2) is 40.7 Å². The number of amides is 2. The van der Waals surface area contributed by atoms with Gasteiger partial charge in [0, 0.05) is 17.5 Å². The molecule has 132 valence electrons. The zero-order chi connectivity index (χ0) is 18.4. The highest BCUT2D eigenvalue weighted by atomic mass is 16.6. The molecule has 0 spiro atoms. The number of imide groups is 1. The van der Waals surface area contributed by atoms with Gasteiger partial charge in [-0.25, -0.2) is 0 Å². The van der Waals surface area contributed by atoms with Gasteiger partial charge in [0.05, 0.1) is 6.42 Å². The monoisotopic (exact) mass is 328 g/mol. The molecule has 2 unspecified atom stereocenters. The van der Waals surface area contributed by atoms with Gasteiger partial charge in [0.1, 0.15) is 0 Å². The van der Waals surface area contributed by atoms with Crippen molar-refractivity contribution in [2.75, 3.05) is 0 Å². The maximum absolute atomic E-state index is 12.5. The van der Waals surface area contributed by atoms with Crippen molar-refractivity contribution >= 4 is 24.8 Å². The smallest absolute Gasteiger partial charge is 0.313 e. The molecule has 0 rings (SSSR count). The van der Waals surface area contributed by atoms with Crippen LogP contribution >= 0.6 is 0 Å². The third-order valence-electron chi connectivity index (χ3n) is 4.60. The predicted molar refractivity (Wildman–Crippen MR) is 85.0 cm³/mol. The standard InChI is InChI=1S/C16H28N2O5/c1-11(15(3,4)17)7-13(21)18(9-19)16(5,6)12(2)8-14(22)23-10-20/h9-12H,7-8,17H2,1-6H3. The van der Waals surface area contributed by atoms with Crippen LogP contribution in [0.3, 0.4) is 0 Å². The summed E-state index contributed by atoms with van der Waals surface area (Å²) >= 11 is 0. The summed E-state index contributed by atoms with van der Waals surface area (Å²) in [7, 11) is 0.